The topological polar surface area (TPSA) is 24.1 Å². The summed E-state index contributed by atoms with van der Waals surface area (Å²) < 4.78 is 0. The monoisotopic (exact) mass is 216 g/mol. The average molecular weight is 216 g/mol. The molecule has 0 aromatic heterocycles. The molecule has 1 heterocycles. The largest absolute Gasteiger partial charge is 0.385 e. The van der Waals surface area contributed by atoms with Gasteiger partial charge in [-0.1, -0.05) is 12.1 Å². The Bertz CT molecular complexity index is 394. The van der Waals surface area contributed by atoms with Crippen molar-refractivity contribution in [1.82, 2.24) is 5.32 Å². The maximum atomic E-state index is 3.64. The Hall–Kier alpha value is -1.02. The minimum absolute atomic E-state index is 0.439. The number of hydrogen-bond acceptors (Lipinski definition) is 2. The Morgan fingerprint density at radius 3 is 3.06 bits per heavy atom. The highest BCUT2D eigenvalue weighted by molar-refractivity contribution is 5.54. The van der Waals surface area contributed by atoms with E-state index in [-0.39, 0.29) is 0 Å². The average Bonchev–Trinajstić information content (AvgIpc) is 3.05. The number of fused-ring (bicyclic) bond motifs is 1. The quantitative estimate of drug-likeness (QED) is 0.811. The van der Waals surface area contributed by atoms with Gasteiger partial charge in [0.25, 0.3) is 0 Å². The van der Waals surface area contributed by atoms with Gasteiger partial charge in [-0.15, -0.1) is 0 Å². The summed E-state index contributed by atoms with van der Waals surface area (Å²) in [7, 11) is 0. The van der Waals surface area contributed by atoms with E-state index in [1.165, 1.54) is 42.5 Å². The zero-order valence-electron chi connectivity index (χ0n) is 9.97. The van der Waals surface area contributed by atoms with Gasteiger partial charge in [-0.2, -0.15) is 0 Å². The van der Waals surface area contributed by atoms with Crippen molar-refractivity contribution in [2.24, 2.45) is 0 Å². The summed E-state index contributed by atoms with van der Waals surface area (Å²) in [5.74, 6) is 0. The van der Waals surface area contributed by atoms with Crippen molar-refractivity contribution in [3.63, 3.8) is 0 Å². The molecule has 16 heavy (non-hydrogen) atoms. The lowest BCUT2D eigenvalue weighted by Crippen LogP contribution is -2.27. The highest BCUT2D eigenvalue weighted by atomic mass is 15.0. The van der Waals surface area contributed by atoms with Crippen molar-refractivity contribution < 1.29 is 0 Å². The molecule has 0 amide bonds. The Morgan fingerprint density at radius 2 is 2.25 bits per heavy atom. The van der Waals surface area contributed by atoms with E-state index in [0.717, 1.165) is 13.1 Å². The van der Waals surface area contributed by atoms with Crippen LogP contribution in [0.15, 0.2) is 18.2 Å². The van der Waals surface area contributed by atoms with Gasteiger partial charge in [-0.25, -0.2) is 0 Å². The number of nitrogens with one attached hydrogen (secondary N) is 2. The molecule has 2 N–H and O–H groups in total. The fraction of sp³-hybridized carbons (Fsp3) is 0.571. The highest BCUT2D eigenvalue weighted by Crippen LogP contribution is 2.34. The Morgan fingerprint density at radius 1 is 1.38 bits per heavy atom. The van der Waals surface area contributed by atoms with Crippen LogP contribution < -0.4 is 10.6 Å². The zero-order chi connectivity index (χ0) is 11.0. The normalized spacial score (nSPS) is 21.1. The molecule has 1 aliphatic heterocycles. The fourth-order valence-electron chi connectivity index (χ4n) is 2.32. The van der Waals surface area contributed by atoms with Crippen LogP contribution in [0.5, 0.6) is 0 Å². The van der Waals surface area contributed by atoms with Crippen LogP contribution >= 0.6 is 0 Å². The third-order valence-corrected chi connectivity index (χ3v) is 3.83. The maximum Gasteiger partial charge on any atom is 0.0372 e. The summed E-state index contributed by atoms with van der Waals surface area (Å²) in [5, 5.41) is 7.09. The highest BCUT2D eigenvalue weighted by Gasteiger charge is 2.36. The van der Waals surface area contributed by atoms with Crippen LogP contribution in [-0.4, -0.2) is 12.1 Å². The molecular weight excluding hydrogens is 196 g/mol. The van der Waals surface area contributed by atoms with Crippen LogP contribution in [0, 0.1) is 0 Å². The predicted molar refractivity (Wildman–Crippen MR) is 67.7 cm³/mol. The van der Waals surface area contributed by atoms with Gasteiger partial charge in [0.1, 0.15) is 0 Å². The number of anilines is 1. The van der Waals surface area contributed by atoms with Gasteiger partial charge >= 0.3 is 0 Å². The third-order valence-electron chi connectivity index (χ3n) is 3.83. The molecule has 2 nitrogen and oxygen atoms in total. The maximum absolute atomic E-state index is 3.64. The molecule has 2 aliphatic rings. The molecule has 0 atom stereocenters. The van der Waals surface area contributed by atoms with Crippen LogP contribution in [0.2, 0.25) is 0 Å². The first-order valence-electron chi connectivity index (χ1n) is 6.36. The second-order valence-electron chi connectivity index (χ2n) is 5.44. The summed E-state index contributed by atoms with van der Waals surface area (Å²) in [5.41, 5.74) is 4.70. The molecular formula is C14H20N2. The van der Waals surface area contributed by atoms with E-state index in [2.05, 4.69) is 35.8 Å². The Kier molecular flexibility index (Phi) is 2.40. The van der Waals surface area contributed by atoms with Crippen molar-refractivity contribution in [2.45, 2.75) is 44.7 Å². The molecule has 0 radical (unpaired) electrons. The first-order valence-corrected chi connectivity index (χ1v) is 6.36. The summed E-state index contributed by atoms with van der Waals surface area (Å²) in [6.07, 6.45) is 5.16. The van der Waals surface area contributed by atoms with E-state index >= 15 is 0 Å². The standard InChI is InChI=1S/C14H20N2/c1-14(6-7-14)16-10-11-4-5-13-12(9-11)3-2-8-15-13/h4-5,9,15-16H,2-3,6-8,10H2,1H3. The lowest BCUT2D eigenvalue weighted by Gasteiger charge is -2.19. The molecule has 1 aromatic rings. The molecule has 1 aromatic carbocycles. The van der Waals surface area contributed by atoms with Gasteiger partial charge in [-0.3, -0.25) is 0 Å². The van der Waals surface area contributed by atoms with Gasteiger partial charge in [0.15, 0.2) is 0 Å². The molecule has 1 saturated carbocycles. The molecule has 0 spiro atoms. The molecule has 3 rings (SSSR count). The molecule has 1 fully saturated rings. The van der Waals surface area contributed by atoms with Crippen molar-refractivity contribution in [3.8, 4) is 0 Å². The lowest BCUT2D eigenvalue weighted by atomic mass is 10.0. The van der Waals surface area contributed by atoms with Crippen LogP contribution in [0.4, 0.5) is 5.69 Å². The van der Waals surface area contributed by atoms with Crippen molar-refractivity contribution >= 4 is 5.69 Å². The summed E-state index contributed by atoms with van der Waals surface area (Å²) in [6.45, 7) is 4.46. The van der Waals surface area contributed by atoms with Gasteiger partial charge in [0.2, 0.25) is 0 Å². The summed E-state index contributed by atoms with van der Waals surface area (Å²) in [6, 6.07) is 6.84. The minimum Gasteiger partial charge on any atom is -0.385 e. The van der Waals surface area contributed by atoms with Crippen molar-refractivity contribution in [1.29, 1.82) is 0 Å². The summed E-state index contributed by atoms with van der Waals surface area (Å²) >= 11 is 0. The second-order valence-corrected chi connectivity index (χ2v) is 5.44. The van der Waals surface area contributed by atoms with Crippen LogP contribution in [0.1, 0.15) is 37.3 Å². The van der Waals surface area contributed by atoms with Crippen LogP contribution in [-0.2, 0) is 13.0 Å². The van der Waals surface area contributed by atoms with Gasteiger partial charge in [-0.05, 0) is 49.8 Å². The molecule has 86 valence electrons. The van der Waals surface area contributed by atoms with Gasteiger partial charge in [0.05, 0.1) is 0 Å². The third kappa shape index (κ3) is 2.07. The smallest absolute Gasteiger partial charge is 0.0372 e. The zero-order valence-corrected chi connectivity index (χ0v) is 9.97. The Labute approximate surface area is 97.4 Å². The van der Waals surface area contributed by atoms with Crippen molar-refractivity contribution in [2.75, 3.05) is 11.9 Å². The van der Waals surface area contributed by atoms with E-state index < -0.39 is 0 Å². The van der Waals surface area contributed by atoms with Crippen molar-refractivity contribution in [3.05, 3.63) is 29.3 Å². The SMILES string of the molecule is CC1(NCc2ccc3c(c2)CCCN3)CC1. The lowest BCUT2D eigenvalue weighted by molar-refractivity contribution is 0.537. The molecule has 1 aliphatic carbocycles. The Balaban J connectivity index is 1.70. The van der Waals surface area contributed by atoms with E-state index in [4.69, 9.17) is 0 Å². The second kappa shape index (κ2) is 3.77. The van der Waals surface area contributed by atoms with Crippen LogP contribution in [0.25, 0.3) is 0 Å². The molecule has 0 saturated heterocycles. The van der Waals surface area contributed by atoms with E-state index in [1.807, 2.05) is 0 Å². The van der Waals surface area contributed by atoms with E-state index in [9.17, 15) is 0 Å². The van der Waals surface area contributed by atoms with Gasteiger partial charge < -0.3 is 10.6 Å². The molecule has 0 bridgehead atoms. The fourth-order valence-corrected chi connectivity index (χ4v) is 2.32. The van der Waals surface area contributed by atoms with Crippen LogP contribution in [0.3, 0.4) is 0 Å². The number of rotatable bonds is 3. The first-order chi connectivity index (χ1) is 7.75. The summed E-state index contributed by atoms with van der Waals surface area (Å²) in [4.78, 5) is 0. The first kappa shape index (κ1) is 10.2. The number of benzene rings is 1. The predicted octanol–water partition coefficient (Wildman–Crippen LogP) is 2.69. The molecule has 2 heteroatoms. The van der Waals surface area contributed by atoms with E-state index in [1.54, 1.807) is 0 Å². The number of hydrogen-bond donors (Lipinski definition) is 2. The van der Waals surface area contributed by atoms with Gasteiger partial charge in [0, 0.05) is 24.3 Å². The number of aryl methyl sites for hydroxylation is 1. The molecule has 0 unspecified atom stereocenters. The minimum atomic E-state index is 0.439. The van der Waals surface area contributed by atoms with E-state index in [0.29, 0.717) is 5.54 Å².